The average molecular weight is 284 g/mol. The first-order valence-electron chi connectivity index (χ1n) is 5.27. The van der Waals surface area contributed by atoms with Gasteiger partial charge in [-0.05, 0) is 28.4 Å². The normalized spacial score (nSPS) is 17.5. The molecule has 1 amide bonds. The number of aromatic nitrogens is 1. The molecular weight excluding hydrogens is 270 g/mol. The van der Waals surface area contributed by atoms with Gasteiger partial charge in [0.05, 0.1) is 16.7 Å². The Hall–Kier alpha value is -1.10. The molecule has 0 N–H and O–H groups in total. The first-order chi connectivity index (χ1) is 7.68. The number of anilines is 1. The Morgan fingerprint density at radius 2 is 2.25 bits per heavy atom. The van der Waals surface area contributed by atoms with Crippen LogP contribution in [0.3, 0.4) is 0 Å². The van der Waals surface area contributed by atoms with E-state index in [0.717, 1.165) is 29.7 Å². The largest absolute Gasteiger partial charge is 0.361 e. The lowest BCUT2D eigenvalue weighted by Gasteiger charge is -2.22. The fraction of sp³-hybridized carbons (Fsp3) is 0.455. The summed E-state index contributed by atoms with van der Waals surface area (Å²) in [5, 5.41) is 0. The Morgan fingerprint density at radius 3 is 3.00 bits per heavy atom. The quantitative estimate of drug-likeness (QED) is 0.784. The molecule has 2 heterocycles. The summed E-state index contributed by atoms with van der Waals surface area (Å²) >= 11 is 3.46. The first kappa shape index (κ1) is 11.4. The Morgan fingerprint density at radius 1 is 1.44 bits per heavy atom. The molecule has 1 aromatic rings. The molecule has 16 heavy (non-hydrogen) atoms. The van der Waals surface area contributed by atoms with Gasteiger partial charge in [-0.2, -0.15) is 0 Å². The minimum atomic E-state index is 0.168. The van der Waals surface area contributed by atoms with Crippen LogP contribution < -0.4 is 4.90 Å². The zero-order chi connectivity index (χ0) is 11.5. The molecule has 4 nitrogen and oxygen atoms in total. The summed E-state index contributed by atoms with van der Waals surface area (Å²) in [6.07, 6.45) is 4.50. The van der Waals surface area contributed by atoms with E-state index in [0.29, 0.717) is 6.54 Å². The van der Waals surface area contributed by atoms with E-state index in [9.17, 15) is 4.79 Å². The number of likely N-dealkylation sites (N-methyl/N-ethyl adjacent to an activating group) is 1. The van der Waals surface area contributed by atoms with E-state index in [-0.39, 0.29) is 5.91 Å². The maximum atomic E-state index is 11.8. The minimum absolute atomic E-state index is 0.168. The number of rotatable bonds is 1. The van der Waals surface area contributed by atoms with Crippen molar-refractivity contribution in [2.24, 2.45) is 0 Å². The molecule has 0 radical (unpaired) electrons. The maximum Gasteiger partial charge on any atom is 0.241 e. The summed E-state index contributed by atoms with van der Waals surface area (Å²) in [5.74, 6) is 0.168. The molecule has 0 saturated carbocycles. The van der Waals surface area contributed by atoms with Gasteiger partial charge in [-0.3, -0.25) is 9.78 Å². The lowest BCUT2D eigenvalue weighted by atomic mass is 10.3. The number of carbonyl (C=O) groups is 1. The summed E-state index contributed by atoms with van der Waals surface area (Å²) in [6.45, 7) is 2.18. The monoisotopic (exact) mass is 283 g/mol. The second-order valence-electron chi connectivity index (χ2n) is 3.92. The minimum Gasteiger partial charge on any atom is -0.361 e. The van der Waals surface area contributed by atoms with Crippen LogP contribution in [-0.2, 0) is 4.79 Å². The van der Waals surface area contributed by atoms with Gasteiger partial charge in [0.15, 0.2) is 0 Å². The highest BCUT2D eigenvalue weighted by molar-refractivity contribution is 9.10. The van der Waals surface area contributed by atoms with Crippen molar-refractivity contribution in [3.63, 3.8) is 0 Å². The zero-order valence-electron chi connectivity index (χ0n) is 9.19. The summed E-state index contributed by atoms with van der Waals surface area (Å²) < 4.78 is 0.937. The van der Waals surface area contributed by atoms with Gasteiger partial charge in [0.1, 0.15) is 0 Å². The van der Waals surface area contributed by atoms with E-state index < -0.39 is 0 Å². The van der Waals surface area contributed by atoms with E-state index in [1.165, 1.54) is 0 Å². The van der Waals surface area contributed by atoms with Crippen LogP contribution in [0.15, 0.2) is 22.9 Å². The number of hydrogen-bond acceptors (Lipinski definition) is 3. The van der Waals surface area contributed by atoms with E-state index in [4.69, 9.17) is 0 Å². The predicted octanol–water partition coefficient (Wildman–Crippen LogP) is 1.51. The predicted molar refractivity (Wildman–Crippen MR) is 66.4 cm³/mol. The third kappa shape index (κ3) is 2.35. The molecule has 1 aliphatic heterocycles. The molecule has 0 bridgehead atoms. The first-order valence-corrected chi connectivity index (χ1v) is 6.06. The Labute approximate surface area is 103 Å². The standard InChI is InChI=1S/C11H14BrN3O/c1-14-5-2-6-15(8-11(14)16)10-3-4-13-7-9(10)12/h3-4,7H,2,5-6,8H2,1H3. The van der Waals surface area contributed by atoms with Crippen molar-refractivity contribution >= 4 is 27.5 Å². The lowest BCUT2D eigenvalue weighted by Crippen LogP contribution is -2.34. The van der Waals surface area contributed by atoms with Crippen molar-refractivity contribution in [3.8, 4) is 0 Å². The number of pyridine rings is 1. The van der Waals surface area contributed by atoms with Crippen LogP contribution in [0.25, 0.3) is 0 Å². The second-order valence-corrected chi connectivity index (χ2v) is 4.77. The van der Waals surface area contributed by atoms with Crippen molar-refractivity contribution in [3.05, 3.63) is 22.9 Å². The van der Waals surface area contributed by atoms with Crippen molar-refractivity contribution in [1.29, 1.82) is 0 Å². The van der Waals surface area contributed by atoms with Crippen LogP contribution in [-0.4, -0.2) is 42.5 Å². The molecule has 1 fully saturated rings. The number of carbonyl (C=O) groups excluding carboxylic acids is 1. The smallest absolute Gasteiger partial charge is 0.241 e. The van der Waals surface area contributed by atoms with Gasteiger partial charge >= 0.3 is 0 Å². The molecule has 1 aromatic heterocycles. The third-order valence-corrected chi connectivity index (χ3v) is 3.38. The van der Waals surface area contributed by atoms with Crippen LogP contribution >= 0.6 is 15.9 Å². The maximum absolute atomic E-state index is 11.8. The number of hydrogen-bond donors (Lipinski definition) is 0. The van der Waals surface area contributed by atoms with Crippen LogP contribution in [0.4, 0.5) is 5.69 Å². The van der Waals surface area contributed by atoms with Gasteiger partial charge in [0.2, 0.25) is 5.91 Å². The SMILES string of the molecule is CN1CCCN(c2ccncc2Br)CC1=O. The summed E-state index contributed by atoms with van der Waals surface area (Å²) in [7, 11) is 1.85. The number of nitrogens with zero attached hydrogens (tertiary/aromatic N) is 3. The van der Waals surface area contributed by atoms with E-state index in [2.05, 4.69) is 25.8 Å². The van der Waals surface area contributed by atoms with E-state index in [1.54, 1.807) is 17.3 Å². The molecule has 0 unspecified atom stereocenters. The van der Waals surface area contributed by atoms with Crippen molar-refractivity contribution in [1.82, 2.24) is 9.88 Å². The lowest BCUT2D eigenvalue weighted by molar-refractivity contribution is -0.127. The molecule has 1 saturated heterocycles. The summed E-state index contributed by atoms with van der Waals surface area (Å²) in [5.41, 5.74) is 1.04. The van der Waals surface area contributed by atoms with Gasteiger partial charge in [-0.25, -0.2) is 0 Å². The Kier molecular flexibility index (Phi) is 3.43. The van der Waals surface area contributed by atoms with Gasteiger partial charge in [0.25, 0.3) is 0 Å². The Bertz CT molecular complexity index is 397. The molecule has 0 spiro atoms. The fourth-order valence-corrected chi connectivity index (χ4v) is 2.32. The highest BCUT2D eigenvalue weighted by Crippen LogP contribution is 2.25. The molecule has 1 aliphatic rings. The van der Waals surface area contributed by atoms with Gasteiger partial charge in [-0.1, -0.05) is 0 Å². The van der Waals surface area contributed by atoms with E-state index >= 15 is 0 Å². The van der Waals surface area contributed by atoms with Gasteiger partial charge in [-0.15, -0.1) is 0 Å². The van der Waals surface area contributed by atoms with Crippen molar-refractivity contribution < 1.29 is 4.79 Å². The van der Waals surface area contributed by atoms with Crippen LogP contribution in [0, 0.1) is 0 Å². The second kappa shape index (κ2) is 4.82. The number of halogens is 1. The molecule has 2 rings (SSSR count). The highest BCUT2D eigenvalue weighted by Gasteiger charge is 2.20. The topological polar surface area (TPSA) is 36.4 Å². The van der Waals surface area contributed by atoms with E-state index in [1.807, 2.05) is 13.1 Å². The summed E-state index contributed by atoms with van der Waals surface area (Å²) in [4.78, 5) is 19.7. The van der Waals surface area contributed by atoms with Gasteiger partial charge in [0, 0.05) is 32.5 Å². The zero-order valence-corrected chi connectivity index (χ0v) is 10.8. The van der Waals surface area contributed by atoms with Crippen LogP contribution in [0.1, 0.15) is 6.42 Å². The average Bonchev–Trinajstić information content (AvgIpc) is 2.43. The highest BCUT2D eigenvalue weighted by atomic mass is 79.9. The summed E-state index contributed by atoms with van der Waals surface area (Å²) in [6, 6.07) is 1.93. The Balaban J connectivity index is 2.21. The van der Waals surface area contributed by atoms with Crippen molar-refractivity contribution in [2.75, 3.05) is 31.6 Å². The number of amides is 1. The molecule has 5 heteroatoms. The molecule has 0 atom stereocenters. The third-order valence-electron chi connectivity index (χ3n) is 2.77. The fourth-order valence-electron chi connectivity index (χ4n) is 1.82. The molecular formula is C11H14BrN3O. The van der Waals surface area contributed by atoms with Crippen LogP contribution in [0.2, 0.25) is 0 Å². The molecule has 0 aliphatic carbocycles. The van der Waals surface area contributed by atoms with Crippen molar-refractivity contribution in [2.45, 2.75) is 6.42 Å². The van der Waals surface area contributed by atoms with Gasteiger partial charge < -0.3 is 9.80 Å². The molecule has 0 aromatic carbocycles. The molecule has 86 valence electrons. The van der Waals surface area contributed by atoms with Crippen LogP contribution in [0.5, 0.6) is 0 Å².